The van der Waals surface area contributed by atoms with E-state index in [0.29, 0.717) is 13.0 Å². The topological polar surface area (TPSA) is 95.5 Å². The summed E-state index contributed by atoms with van der Waals surface area (Å²) in [5, 5.41) is 14.0. The van der Waals surface area contributed by atoms with Crippen LogP contribution < -0.4 is 10.6 Å². The summed E-state index contributed by atoms with van der Waals surface area (Å²) in [4.78, 5) is 33.6. The Hall–Kier alpha value is -1.59. The van der Waals surface area contributed by atoms with Gasteiger partial charge in [0.25, 0.3) is 0 Å². The molecule has 2 aliphatic heterocycles. The largest absolute Gasteiger partial charge is 0.480 e. The molecule has 6 heteroatoms. The van der Waals surface area contributed by atoms with Crippen LogP contribution in [0.5, 0.6) is 0 Å². The van der Waals surface area contributed by atoms with E-state index in [1.54, 1.807) is 0 Å². The maximum atomic E-state index is 11.5. The fourth-order valence-corrected chi connectivity index (χ4v) is 2.32. The molecule has 6 nitrogen and oxygen atoms in total. The monoisotopic (exact) mass is 212 g/mol. The van der Waals surface area contributed by atoms with E-state index in [1.807, 2.05) is 0 Å². The molecule has 3 unspecified atom stereocenters. The van der Waals surface area contributed by atoms with Crippen LogP contribution in [0, 0.1) is 11.8 Å². The predicted octanol–water partition coefficient (Wildman–Crippen LogP) is -1.29. The minimum Gasteiger partial charge on any atom is -0.480 e. The Morgan fingerprint density at radius 1 is 1.40 bits per heavy atom. The molecule has 3 N–H and O–H groups in total. The molecule has 0 saturated carbocycles. The van der Waals surface area contributed by atoms with Crippen molar-refractivity contribution < 1.29 is 19.5 Å². The van der Waals surface area contributed by atoms with Crippen molar-refractivity contribution in [2.24, 2.45) is 11.8 Å². The summed E-state index contributed by atoms with van der Waals surface area (Å²) >= 11 is 0. The zero-order chi connectivity index (χ0) is 11.0. The summed E-state index contributed by atoms with van der Waals surface area (Å²) in [6.45, 7) is 0.486. The third kappa shape index (κ3) is 1.67. The van der Waals surface area contributed by atoms with Gasteiger partial charge in [0.15, 0.2) is 0 Å². The quantitative estimate of drug-likeness (QED) is 0.504. The van der Waals surface area contributed by atoms with E-state index in [4.69, 9.17) is 5.11 Å². The van der Waals surface area contributed by atoms with Gasteiger partial charge in [-0.25, -0.2) is 4.79 Å². The van der Waals surface area contributed by atoms with Crippen molar-refractivity contribution >= 4 is 17.8 Å². The van der Waals surface area contributed by atoms with Crippen LogP contribution in [0.3, 0.4) is 0 Å². The molecule has 2 heterocycles. The number of rotatable bonds is 1. The Kier molecular flexibility index (Phi) is 2.34. The van der Waals surface area contributed by atoms with Crippen molar-refractivity contribution in [3.63, 3.8) is 0 Å². The highest BCUT2D eigenvalue weighted by molar-refractivity contribution is 5.92. The summed E-state index contributed by atoms with van der Waals surface area (Å²) in [7, 11) is 0. The number of aliphatic carboxylic acids is 1. The van der Waals surface area contributed by atoms with Gasteiger partial charge in [-0.3, -0.25) is 9.59 Å². The molecule has 0 aromatic heterocycles. The second-order valence-electron chi connectivity index (χ2n) is 3.94. The van der Waals surface area contributed by atoms with Gasteiger partial charge in [0, 0.05) is 18.9 Å². The molecule has 2 fully saturated rings. The number of carbonyl (C=O) groups is 3. The molecule has 0 aliphatic carbocycles. The first kappa shape index (κ1) is 9.95. The Bertz CT molecular complexity index is 318. The van der Waals surface area contributed by atoms with Gasteiger partial charge in [-0.2, -0.15) is 0 Å². The molecule has 82 valence electrons. The Morgan fingerprint density at radius 2 is 2.13 bits per heavy atom. The number of hydrogen-bond donors (Lipinski definition) is 3. The predicted molar refractivity (Wildman–Crippen MR) is 48.8 cm³/mol. The van der Waals surface area contributed by atoms with Crippen molar-refractivity contribution in [3.05, 3.63) is 0 Å². The molecule has 2 saturated heterocycles. The Morgan fingerprint density at radius 3 is 2.80 bits per heavy atom. The molecule has 0 aromatic rings. The number of fused-ring (bicyclic) bond motifs is 1. The van der Waals surface area contributed by atoms with Crippen molar-refractivity contribution in [2.75, 3.05) is 6.54 Å². The number of nitrogens with one attached hydrogen (secondary N) is 2. The lowest BCUT2D eigenvalue weighted by Gasteiger charge is -2.38. The Labute approximate surface area is 86.0 Å². The van der Waals surface area contributed by atoms with Gasteiger partial charge in [-0.05, 0) is 6.42 Å². The van der Waals surface area contributed by atoms with Gasteiger partial charge < -0.3 is 15.7 Å². The lowest BCUT2D eigenvalue weighted by molar-refractivity contribution is -0.150. The first-order chi connectivity index (χ1) is 7.09. The molecule has 0 bridgehead atoms. The van der Waals surface area contributed by atoms with Gasteiger partial charge >= 0.3 is 5.97 Å². The van der Waals surface area contributed by atoms with E-state index in [-0.39, 0.29) is 24.2 Å². The van der Waals surface area contributed by atoms with Crippen LogP contribution in [-0.4, -0.2) is 35.5 Å². The molecule has 15 heavy (non-hydrogen) atoms. The maximum absolute atomic E-state index is 11.5. The number of carboxylic acid groups (broad SMARTS) is 1. The van der Waals surface area contributed by atoms with Crippen LogP contribution in [0.25, 0.3) is 0 Å². The molecule has 0 radical (unpaired) electrons. The zero-order valence-electron chi connectivity index (χ0n) is 8.03. The SMILES string of the molecule is O=C1CC2C(=O)NCCC2C(C(=O)O)N1. The van der Waals surface area contributed by atoms with Crippen LogP contribution >= 0.6 is 0 Å². The van der Waals surface area contributed by atoms with E-state index >= 15 is 0 Å². The van der Waals surface area contributed by atoms with Crippen molar-refractivity contribution in [3.8, 4) is 0 Å². The van der Waals surface area contributed by atoms with Gasteiger partial charge in [-0.15, -0.1) is 0 Å². The minimum atomic E-state index is -1.06. The molecular weight excluding hydrogens is 200 g/mol. The Balaban J connectivity index is 2.23. The molecule has 2 amide bonds. The number of piperidine rings is 2. The standard InChI is InChI=1S/C9H12N2O4/c12-6-3-5-4(1-2-10-8(5)13)7(11-6)9(14)15/h4-5,7H,1-3H2,(H,10,13)(H,11,12)(H,14,15). The molecular formula is C9H12N2O4. The van der Waals surface area contributed by atoms with Crippen LogP contribution in [0.2, 0.25) is 0 Å². The molecule has 2 rings (SSSR count). The van der Waals surface area contributed by atoms with Gasteiger partial charge in [-0.1, -0.05) is 0 Å². The summed E-state index contributed by atoms with van der Waals surface area (Å²) in [5.41, 5.74) is 0. The zero-order valence-corrected chi connectivity index (χ0v) is 8.03. The van der Waals surface area contributed by atoms with Crippen LogP contribution in [0.1, 0.15) is 12.8 Å². The van der Waals surface area contributed by atoms with E-state index in [0.717, 1.165) is 0 Å². The van der Waals surface area contributed by atoms with E-state index in [1.165, 1.54) is 0 Å². The van der Waals surface area contributed by atoms with Gasteiger partial charge in [0.2, 0.25) is 11.8 Å². The fourth-order valence-electron chi connectivity index (χ4n) is 2.32. The van der Waals surface area contributed by atoms with E-state index < -0.39 is 17.9 Å². The van der Waals surface area contributed by atoms with Gasteiger partial charge in [0.1, 0.15) is 6.04 Å². The van der Waals surface area contributed by atoms with Crippen LogP contribution in [0.15, 0.2) is 0 Å². The number of amides is 2. The van der Waals surface area contributed by atoms with Crippen LogP contribution in [0.4, 0.5) is 0 Å². The number of carboxylic acids is 1. The lowest BCUT2D eigenvalue weighted by Crippen LogP contribution is -2.59. The summed E-state index contributed by atoms with van der Waals surface area (Å²) in [6.07, 6.45) is 0.702. The van der Waals surface area contributed by atoms with Gasteiger partial charge in [0.05, 0.1) is 5.92 Å². The summed E-state index contributed by atoms with van der Waals surface area (Å²) in [6, 6.07) is -0.915. The van der Waals surface area contributed by atoms with Crippen molar-refractivity contribution in [2.45, 2.75) is 18.9 Å². The van der Waals surface area contributed by atoms with E-state index in [2.05, 4.69) is 10.6 Å². The third-order valence-corrected chi connectivity index (χ3v) is 3.05. The highest BCUT2D eigenvalue weighted by Crippen LogP contribution is 2.30. The van der Waals surface area contributed by atoms with Crippen molar-refractivity contribution in [1.29, 1.82) is 0 Å². The summed E-state index contributed by atoms with van der Waals surface area (Å²) < 4.78 is 0. The maximum Gasteiger partial charge on any atom is 0.326 e. The third-order valence-electron chi connectivity index (χ3n) is 3.05. The normalized spacial score (nSPS) is 35.1. The first-order valence-corrected chi connectivity index (χ1v) is 4.89. The molecule has 2 aliphatic rings. The molecule has 3 atom stereocenters. The second kappa shape index (κ2) is 3.52. The summed E-state index contributed by atoms with van der Waals surface area (Å²) in [5.74, 6) is -2.37. The fraction of sp³-hybridized carbons (Fsp3) is 0.667. The molecule has 0 aromatic carbocycles. The average molecular weight is 212 g/mol. The highest BCUT2D eigenvalue weighted by atomic mass is 16.4. The van der Waals surface area contributed by atoms with E-state index in [9.17, 15) is 14.4 Å². The molecule has 0 spiro atoms. The number of carbonyl (C=O) groups excluding carboxylic acids is 2. The average Bonchev–Trinajstić information content (AvgIpc) is 2.18. The number of hydrogen-bond acceptors (Lipinski definition) is 3. The lowest BCUT2D eigenvalue weighted by atomic mass is 9.76. The first-order valence-electron chi connectivity index (χ1n) is 4.89. The van der Waals surface area contributed by atoms with Crippen molar-refractivity contribution in [1.82, 2.24) is 10.6 Å². The minimum absolute atomic E-state index is 0.0975. The highest BCUT2D eigenvalue weighted by Gasteiger charge is 2.45. The smallest absolute Gasteiger partial charge is 0.326 e. The van der Waals surface area contributed by atoms with Crippen LogP contribution in [-0.2, 0) is 14.4 Å². The second-order valence-corrected chi connectivity index (χ2v) is 3.94.